The summed E-state index contributed by atoms with van der Waals surface area (Å²) >= 11 is 0. The highest BCUT2D eigenvalue weighted by Crippen LogP contribution is 2.29. The van der Waals surface area contributed by atoms with Crippen molar-refractivity contribution in [2.24, 2.45) is 0 Å². The molecule has 1 heterocycles. The summed E-state index contributed by atoms with van der Waals surface area (Å²) in [6.07, 6.45) is 1.11. The minimum atomic E-state index is -0.202. The third kappa shape index (κ3) is 3.28. The zero-order valence-electron chi connectivity index (χ0n) is 12.8. The van der Waals surface area contributed by atoms with Crippen molar-refractivity contribution in [2.45, 2.75) is 25.8 Å². The van der Waals surface area contributed by atoms with Gasteiger partial charge in [0.15, 0.2) is 0 Å². The number of nitrogens with one attached hydrogen (secondary N) is 1. The lowest BCUT2D eigenvalue weighted by Gasteiger charge is -2.25. The lowest BCUT2D eigenvalue weighted by molar-refractivity contribution is -0.120. The van der Waals surface area contributed by atoms with E-state index in [9.17, 15) is 10.0 Å². The van der Waals surface area contributed by atoms with Gasteiger partial charge in [-0.2, -0.15) is 0 Å². The van der Waals surface area contributed by atoms with E-state index in [2.05, 4.69) is 18.4 Å². The molecule has 120 valence electrons. The van der Waals surface area contributed by atoms with Gasteiger partial charge in [-0.1, -0.05) is 30.3 Å². The molecule has 2 N–H and O–H groups in total. The van der Waals surface area contributed by atoms with Crippen molar-refractivity contribution in [3.63, 3.8) is 0 Å². The zero-order valence-corrected chi connectivity index (χ0v) is 12.8. The van der Waals surface area contributed by atoms with E-state index in [1.807, 2.05) is 23.2 Å². The second kappa shape index (κ2) is 6.28. The van der Waals surface area contributed by atoms with Crippen LogP contribution in [0, 0.1) is 5.21 Å². The molecule has 0 saturated carbocycles. The quantitative estimate of drug-likeness (QED) is 0.848. The molecule has 0 aromatic heterocycles. The molecule has 0 aliphatic carbocycles. The first kappa shape index (κ1) is 15.3. The molecule has 1 aliphatic heterocycles. The van der Waals surface area contributed by atoms with Gasteiger partial charge in [-0.25, -0.2) is 0 Å². The first-order valence-electron chi connectivity index (χ1n) is 7.46. The number of hydrazine groups is 1. The summed E-state index contributed by atoms with van der Waals surface area (Å²) in [5.41, 5.74) is 6.11. The topological polar surface area (TPSA) is 78.9 Å². The summed E-state index contributed by atoms with van der Waals surface area (Å²) in [6, 6.07) is 14.5. The van der Waals surface area contributed by atoms with Crippen molar-refractivity contribution in [1.29, 1.82) is 0 Å². The van der Waals surface area contributed by atoms with E-state index in [1.54, 1.807) is 12.1 Å². The highest BCUT2D eigenvalue weighted by Gasteiger charge is 2.26. The summed E-state index contributed by atoms with van der Waals surface area (Å²) in [6.45, 7) is 2.07. The average Bonchev–Trinajstić information content (AvgIpc) is 2.84. The fraction of sp³-hybridized carbons (Fsp3) is 0.235. The van der Waals surface area contributed by atoms with Gasteiger partial charge in [0.2, 0.25) is 5.91 Å². The molecule has 1 amide bonds. The number of hydrogen-bond acceptors (Lipinski definition) is 5. The van der Waals surface area contributed by atoms with Gasteiger partial charge in [0, 0.05) is 0 Å². The molecule has 0 saturated heterocycles. The van der Waals surface area contributed by atoms with Gasteiger partial charge < -0.3 is 10.4 Å². The number of fused-ring (bicyclic) bond motifs is 1. The third-order valence-corrected chi connectivity index (χ3v) is 3.97. The molecule has 23 heavy (non-hydrogen) atoms. The highest BCUT2D eigenvalue weighted by molar-refractivity contribution is 5.81. The fourth-order valence-electron chi connectivity index (χ4n) is 2.84. The van der Waals surface area contributed by atoms with Gasteiger partial charge >= 0.3 is 0 Å². The first-order chi connectivity index (χ1) is 11.0. The molecule has 1 aliphatic rings. The number of rotatable bonds is 4. The maximum Gasteiger partial charge on any atom is 0.242 e. The van der Waals surface area contributed by atoms with Crippen LogP contribution in [-0.4, -0.2) is 17.2 Å². The van der Waals surface area contributed by atoms with Crippen LogP contribution in [0.5, 0.6) is 0 Å². The Kier molecular flexibility index (Phi) is 4.18. The number of anilines is 2. The van der Waals surface area contributed by atoms with Crippen LogP contribution in [0.2, 0.25) is 0 Å². The number of nitrogens with zero attached hydrogens (tertiary/aromatic N) is 2. The van der Waals surface area contributed by atoms with Gasteiger partial charge in [0.1, 0.15) is 0 Å². The molecule has 1 atom stereocenters. The van der Waals surface area contributed by atoms with Crippen LogP contribution in [0.25, 0.3) is 0 Å². The number of para-hydroxylation sites is 1. The summed E-state index contributed by atoms with van der Waals surface area (Å²) in [5, 5.41) is 21.2. The summed E-state index contributed by atoms with van der Waals surface area (Å²) < 4.78 is 0. The van der Waals surface area contributed by atoms with E-state index < -0.39 is 0 Å². The average molecular weight is 312 g/mol. The van der Waals surface area contributed by atoms with Gasteiger partial charge in [0.25, 0.3) is 0 Å². The van der Waals surface area contributed by atoms with Crippen molar-refractivity contribution >= 4 is 17.3 Å². The molecule has 0 bridgehead atoms. The van der Waals surface area contributed by atoms with Gasteiger partial charge in [-0.15, -0.1) is 0 Å². The van der Waals surface area contributed by atoms with Crippen LogP contribution in [-0.2, 0) is 17.6 Å². The first-order valence-corrected chi connectivity index (χ1v) is 7.46. The predicted octanol–water partition coefficient (Wildman–Crippen LogP) is 2.40. The van der Waals surface area contributed by atoms with Gasteiger partial charge in [0.05, 0.1) is 23.8 Å². The number of benzene rings is 2. The summed E-state index contributed by atoms with van der Waals surface area (Å²) in [7, 11) is 0. The van der Waals surface area contributed by atoms with Crippen molar-refractivity contribution in [1.82, 2.24) is 5.43 Å². The number of carbonyl (C=O) groups excluding carboxylic acids is 1. The number of hydrogen-bond donors (Lipinski definition) is 2. The van der Waals surface area contributed by atoms with Gasteiger partial charge in [-0.05, 0) is 42.7 Å². The van der Waals surface area contributed by atoms with Crippen LogP contribution >= 0.6 is 0 Å². The number of amides is 1. The molecule has 6 heteroatoms. The predicted molar refractivity (Wildman–Crippen MR) is 88.0 cm³/mol. The Labute approximate surface area is 134 Å². The Morgan fingerprint density at radius 2 is 2.00 bits per heavy atom. The van der Waals surface area contributed by atoms with E-state index in [0.717, 1.165) is 17.7 Å². The lowest BCUT2D eigenvalue weighted by atomic mass is 10.1. The molecule has 0 unspecified atom stereocenters. The van der Waals surface area contributed by atoms with Crippen molar-refractivity contribution in [2.75, 3.05) is 10.2 Å². The largest absolute Gasteiger partial charge is 0.733 e. The van der Waals surface area contributed by atoms with E-state index in [0.29, 0.717) is 0 Å². The fourth-order valence-corrected chi connectivity index (χ4v) is 2.84. The smallest absolute Gasteiger partial charge is 0.242 e. The molecule has 0 spiro atoms. The summed E-state index contributed by atoms with van der Waals surface area (Å²) in [5.74, 6) is -0.121. The van der Waals surface area contributed by atoms with Gasteiger partial charge in [-0.3, -0.25) is 20.4 Å². The summed E-state index contributed by atoms with van der Waals surface area (Å²) in [4.78, 5) is 12.3. The minimum Gasteiger partial charge on any atom is -0.733 e. The van der Waals surface area contributed by atoms with E-state index in [4.69, 9.17) is 5.21 Å². The van der Waals surface area contributed by atoms with E-state index >= 15 is 0 Å². The van der Waals surface area contributed by atoms with Crippen molar-refractivity contribution in [3.8, 4) is 0 Å². The normalized spacial score (nSPS) is 16.1. The molecule has 0 fully saturated rings. The van der Waals surface area contributed by atoms with Crippen LogP contribution in [0.1, 0.15) is 18.1 Å². The van der Waals surface area contributed by atoms with Crippen LogP contribution in [0.15, 0.2) is 48.5 Å². The second-order valence-electron chi connectivity index (χ2n) is 5.70. The Morgan fingerprint density at radius 1 is 1.30 bits per heavy atom. The highest BCUT2D eigenvalue weighted by atomic mass is 16.8. The molecule has 2 aromatic rings. The van der Waals surface area contributed by atoms with Crippen LogP contribution < -0.4 is 15.7 Å². The number of carbonyl (C=O) groups is 1. The maximum atomic E-state index is 12.3. The Balaban J connectivity index is 1.66. The van der Waals surface area contributed by atoms with Crippen LogP contribution in [0.4, 0.5) is 11.4 Å². The second-order valence-corrected chi connectivity index (χ2v) is 5.70. The molecule has 3 rings (SSSR count). The standard InChI is InChI=1S/C17H18N3O3/c1-12-10-14-4-2-3-5-16(14)19(12)18-17(21)11-13-6-8-15(9-7-13)20(22)23/h2-9,12,22H,10-11H2,1H3,(H,18,21)/q-1/t12-/m0/s1. The van der Waals surface area contributed by atoms with Crippen molar-refractivity contribution in [3.05, 3.63) is 64.9 Å². The Morgan fingerprint density at radius 3 is 2.70 bits per heavy atom. The lowest BCUT2D eigenvalue weighted by Crippen LogP contribution is -2.46. The van der Waals surface area contributed by atoms with Crippen molar-refractivity contribution < 1.29 is 10.0 Å². The molecule has 2 aromatic carbocycles. The van der Waals surface area contributed by atoms with E-state index in [1.165, 1.54) is 17.7 Å². The minimum absolute atomic E-state index is 0.121. The Hall–Kier alpha value is -2.57. The molecular weight excluding hydrogens is 294 g/mol. The van der Waals surface area contributed by atoms with E-state index in [-0.39, 0.29) is 29.3 Å². The maximum absolute atomic E-state index is 12.3. The SMILES string of the molecule is C[C@H]1Cc2ccccc2N1NC(=O)Cc1ccc(N([O-])O)cc1. The van der Waals surface area contributed by atoms with Crippen LogP contribution in [0.3, 0.4) is 0 Å². The molecule has 0 radical (unpaired) electrons. The molecule has 6 nitrogen and oxygen atoms in total. The molecular formula is C17H18N3O3-. The zero-order chi connectivity index (χ0) is 16.4. The Bertz CT molecular complexity index is 700. The third-order valence-electron chi connectivity index (χ3n) is 3.97. The monoisotopic (exact) mass is 312 g/mol.